The molecule has 1 N–H and O–H groups in total. The van der Waals surface area contributed by atoms with Crippen LogP contribution < -0.4 is 28.5 Å². The van der Waals surface area contributed by atoms with Crippen LogP contribution in [0.5, 0.6) is 0 Å². The Morgan fingerprint density at radius 3 is 2.70 bits per heavy atom. The average Bonchev–Trinajstić information content (AvgIpc) is 1.88. The van der Waals surface area contributed by atoms with Crippen LogP contribution in [-0.4, -0.2) is 5.11 Å². The number of pyridine rings is 1. The van der Waals surface area contributed by atoms with Crippen molar-refractivity contribution in [1.82, 2.24) is 0 Å². The number of nitrogens with zero attached hydrogens (tertiary/aromatic N) is 1. The molecule has 0 aliphatic heterocycles. The van der Waals surface area contributed by atoms with Crippen LogP contribution in [0.3, 0.4) is 0 Å². The highest BCUT2D eigenvalue weighted by atomic mass is 127. The van der Waals surface area contributed by atoms with Crippen LogP contribution in [0.2, 0.25) is 0 Å². The number of aliphatic hydroxyl groups is 1. The second-order valence-corrected chi connectivity index (χ2v) is 2.04. The first-order chi connectivity index (χ1) is 4.33. The maximum Gasteiger partial charge on any atom is 0.174 e. The molecule has 0 saturated carbocycles. The average molecular weight is 251 g/mol. The molecule has 56 valence electrons. The number of aliphatic hydroxyl groups excluding tert-OH is 1. The van der Waals surface area contributed by atoms with Crippen molar-refractivity contribution in [2.75, 3.05) is 0 Å². The van der Waals surface area contributed by atoms with Crippen LogP contribution in [-0.2, 0) is 13.7 Å². The second kappa shape index (κ2) is 4.62. The molecule has 0 aliphatic carbocycles. The number of aryl methyl sites for hydroxylation is 1. The van der Waals surface area contributed by atoms with Crippen molar-refractivity contribution in [2.24, 2.45) is 7.05 Å². The normalized spacial score (nSPS) is 8.60. The molecular formula is C7H10INO. The van der Waals surface area contributed by atoms with E-state index in [0.29, 0.717) is 0 Å². The van der Waals surface area contributed by atoms with E-state index in [4.69, 9.17) is 5.11 Å². The van der Waals surface area contributed by atoms with Gasteiger partial charge in [-0.2, -0.15) is 0 Å². The molecular weight excluding hydrogens is 241 g/mol. The van der Waals surface area contributed by atoms with Gasteiger partial charge in [0.15, 0.2) is 12.4 Å². The lowest BCUT2D eigenvalue weighted by atomic mass is 10.3. The van der Waals surface area contributed by atoms with Gasteiger partial charge in [0.05, 0.1) is 6.61 Å². The molecule has 0 atom stereocenters. The van der Waals surface area contributed by atoms with Crippen molar-refractivity contribution in [1.29, 1.82) is 0 Å². The van der Waals surface area contributed by atoms with E-state index in [1.807, 2.05) is 36.1 Å². The molecule has 1 rings (SSSR count). The van der Waals surface area contributed by atoms with Crippen molar-refractivity contribution in [2.45, 2.75) is 6.61 Å². The summed E-state index contributed by atoms with van der Waals surface area (Å²) in [4.78, 5) is 0. The lowest BCUT2D eigenvalue weighted by Crippen LogP contribution is -3.00. The van der Waals surface area contributed by atoms with Crippen LogP contribution >= 0.6 is 0 Å². The van der Waals surface area contributed by atoms with Crippen LogP contribution in [0.15, 0.2) is 24.5 Å². The highest BCUT2D eigenvalue weighted by molar-refractivity contribution is 5.02. The Labute approximate surface area is 77.5 Å². The van der Waals surface area contributed by atoms with Gasteiger partial charge in [-0.05, 0) is 6.07 Å². The third-order valence-corrected chi connectivity index (χ3v) is 1.18. The van der Waals surface area contributed by atoms with Crippen molar-refractivity contribution in [3.05, 3.63) is 30.1 Å². The lowest BCUT2D eigenvalue weighted by Gasteiger charge is -1.89. The molecule has 0 saturated heterocycles. The molecule has 0 aromatic carbocycles. The first kappa shape index (κ1) is 9.84. The number of aromatic nitrogens is 1. The first-order valence-corrected chi connectivity index (χ1v) is 2.88. The number of rotatable bonds is 1. The molecule has 3 heteroatoms. The Hall–Kier alpha value is -0.160. The topological polar surface area (TPSA) is 24.1 Å². The summed E-state index contributed by atoms with van der Waals surface area (Å²) in [7, 11) is 1.93. The van der Waals surface area contributed by atoms with Gasteiger partial charge >= 0.3 is 0 Å². The monoisotopic (exact) mass is 251 g/mol. The third-order valence-electron chi connectivity index (χ3n) is 1.18. The fraction of sp³-hybridized carbons (Fsp3) is 0.286. The summed E-state index contributed by atoms with van der Waals surface area (Å²) in [5, 5.41) is 8.65. The van der Waals surface area contributed by atoms with Gasteiger partial charge in [-0.1, -0.05) is 0 Å². The van der Waals surface area contributed by atoms with Crippen molar-refractivity contribution in [3.63, 3.8) is 0 Å². The minimum atomic E-state index is 0. The highest BCUT2D eigenvalue weighted by Crippen LogP contribution is 1.90. The van der Waals surface area contributed by atoms with Gasteiger partial charge in [-0.3, -0.25) is 0 Å². The minimum absolute atomic E-state index is 0. The van der Waals surface area contributed by atoms with Gasteiger partial charge in [0.2, 0.25) is 0 Å². The van der Waals surface area contributed by atoms with Gasteiger partial charge in [0.25, 0.3) is 0 Å². The Bertz CT molecular complexity index is 203. The van der Waals surface area contributed by atoms with Crippen LogP contribution in [0.1, 0.15) is 5.56 Å². The molecule has 1 heterocycles. The molecule has 0 radical (unpaired) electrons. The summed E-state index contributed by atoms with van der Waals surface area (Å²) < 4.78 is 1.91. The van der Waals surface area contributed by atoms with Crippen LogP contribution in [0.4, 0.5) is 0 Å². The standard InChI is InChI=1S/C7H10NO.HI/c1-8-4-2-3-7(5-8)6-9;/h2-5,9H,6H2,1H3;1H/q+1;/p-1. The number of hydrogen-bond donors (Lipinski definition) is 1. The zero-order valence-electron chi connectivity index (χ0n) is 5.79. The minimum Gasteiger partial charge on any atom is -1.00 e. The summed E-state index contributed by atoms with van der Waals surface area (Å²) in [6.45, 7) is 0.120. The van der Waals surface area contributed by atoms with E-state index < -0.39 is 0 Å². The van der Waals surface area contributed by atoms with Gasteiger partial charge < -0.3 is 29.1 Å². The van der Waals surface area contributed by atoms with Gasteiger partial charge in [-0.15, -0.1) is 0 Å². The zero-order chi connectivity index (χ0) is 6.69. The smallest absolute Gasteiger partial charge is 0.174 e. The predicted molar refractivity (Wildman–Crippen MR) is 33.5 cm³/mol. The largest absolute Gasteiger partial charge is 1.00 e. The Morgan fingerprint density at radius 2 is 2.30 bits per heavy atom. The van der Waals surface area contributed by atoms with Crippen LogP contribution in [0.25, 0.3) is 0 Å². The van der Waals surface area contributed by atoms with E-state index in [9.17, 15) is 0 Å². The summed E-state index contributed by atoms with van der Waals surface area (Å²) in [5.41, 5.74) is 0.944. The molecule has 10 heavy (non-hydrogen) atoms. The van der Waals surface area contributed by atoms with Gasteiger partial charge in [-0.25, -0.2) is 4.57 Å². The van der Waals surface area contributed by atoms with E-state index in [1.54, 1.807) is 0 Å². The first-order valence-electron chi connectivity index (χ1n) is 2.88. The Morgan fingerprint density at radius 1 is 1.60 bits per heavy atom. The molecule has 0 unspecified atom stereocenters. The van der Waals surface area contributed by atoms with E-state index in [2.05, 4.69) is 0 Å². The fourth-order valence-electron chi connectivity index (χ4n) is 0.744. The Balaban J connectivity index is 0.000000810. The molecule has 1 aromatic heterocycles. The van der Waals surface area contributed by atoms with Crippen LogP contribution in [0, 0.1) is 0 Å². The van der Waals surface area contributed by atoms with Crippen molar-refractivity contribution in [3.8, 4) is 0 Å². The molecule has 0 bridgehead atoms. The lowest BCUT2D eigenvalue weighted by molar-refractivity contribution is -0.672. The highest BCUT2D eigenvalue weighted by Gasteiger charge is 1.92. The molecule has 0 spiro atoms. The van der Waals surface area contributed by atoms with E-state index in [-0.39, 0.29) is 30.6 Å². The van der Waals surface area contributed by atoms with Gasteiger partial charge in [0, 0.05) is 11.6 Å². The third kappa shape index (κ3) is 2.62. The van der Waals surface area contributed by atoms with E-state index in [0.717, 1.165) is 5.56 Å². The van der Waals surface area contributed by atoms with E-state index in [1.165, 1.54) is 0 Å². The van der Waals surface area contributed by atoms with Crippen molar-refractivity contribution >= 4 is 0 Å². The second-order valence-electron chi connectivity index (χ2n) is 2.04. The number of halogens is 1. The molecule has 1 aromatic rings. The maximum absolute atomic E-state index is 8.65. The predicted octanol–water partition coefficient (Wildman–Crippen LogP) is -2.99. The summed E-state index contributed by atoms with van der Waals surface area (Å²) >= 11 is 0. The van der Waals surface area contributed by atoms with E-state index >= 15 is 0 Å². The maximum atomic E-state index is 8.65. The quantitative estimate of drug-likeness (QED) is 0.417. The number of hydrogen-bond acceptors (Lipinski definition) is 1. The zero-order valence-corrected chi connectivity index (χ0v) is 7.95. The fourth-order valence-corrected chi connectivity index (χ4v) is 0.744. The molecule has 2 nitrogen and oxygen atoms in total. The Kier molecular flexibility index (Phi) is 4.55. The summed E-state index contributed by atoms with van der Waals surface area (Å²) in [6, 6.07) is 3.80. The SMILES string of the molecule is C[n+]1cccc(CO)c1.[I-]. The molecule has 0 fully saturated rings. The molecule has 0 aliphatic rings. The van der Waals surface area contributed by atoms with Gasteiger partial charge in [0.1, 0.15) is 7.05 Å². The summed E-state index contributed by atoms with van der Waals surface area (Å²) in [5.74, 6) is 0. The summed E-state index contributed by atoms with van der Waals surface area (Å²) in [6.07, 6.45) is 3.82. The molecule has 0 amide bonds. The van der Waals surface area contributed by atoms with Crippen molar-refractivity contribution < 1.29 is 33.7 Å².